The Morgan fingerprint density at radius 2 is 2.14 bits per heavy atom. The molecule has 4 aromatic rings. The predicted molar refractivity (Wildman–Crippen MR) is 113 cm³/mol. The maximum atomic E-state index is 12.8. The number of oxazole rings is 1. The molecule has 1 aliphatic heterocycles. The molecule has 0 saturated heterocycles. The van der Waals surface area contributed by atoms with E-state index in [-0.39, 0.29) is 5.91 Å². The summed E-state index contributed by atoms with van der Waals surface area (Å²) in [7, 11) is 0. The number of benzene rings is 2. The molecule has 28 heavy (non-hydrogen) atoms. The van der Waals surface area contributed by atoms with Crippen molar-refractivity contribution in [2.45, 2.75) is 18.6 Å². The molecule has 0 saturated carbocycles. The van der Waals surface area contributed by atoms with Crippen LogP contribution in [0.25, 0.3) is 22.4 Å². The van der Waals surface area contributed by atoms with Gasteiger partial charge in [0.25, 0.3) is 5.22 Å². The van der Waals surface area contributed by atoms with E-state index in [2.05, 4.69) is 21.4 Å². The van der Waals surface area contributed by atoms with Gasteiger partial charge in [0.2, 0.25) is 5.91 Å². The molecule has 1 aliphatic rings. The first kappa shape index (κ1) is 17.5. The van der Waals surface area contributed by atoms with E-state index in [1.165, 1.54) is 17.3 Å². The Kier molecular flexibility index (Phi) is 4.41. The minimum Gasteiger partial charge on any atom is -0.431 e. The standard InChI is InChI=1S/C21H17N3O2S2/c1-13-22-17(11-27-13)14-6-7-18-15(10-14)8-9-24(18)20(25)12-28-21-23-16-4-2-3-5-19(16)26-21/h2-7,10-11H,8-9,12H2,1H3. The van der Waals surface area contributed by atoms with Crippen LogP contribution in [0.1, 0.15) is 10.6 Å². The Labute approximate surface area is 170 Å². The van der Waals surface area contributed by atoms with E-state index in [4.69, 9.17) is 4.42 Å². The molecular formula is C21H17N3O2S2. The summed E-state index contributed by atoms with van der Waals surface area (Å²) in [6.45, 7) is 2.72. The number of thiazole rings is 1. The molecular weight excluding hydrogens is 390 g/mol. The fourth-order valence-electron chi connectivity index (χ4n) is 3.43. The van der Waals surface area contributed by atoms with Gasteiger partial charge >= 0.3 is 0 Å². The van der Waals surface area contributed by atoms with Gasteiger partial charge < -0.3 is 9.32 Å². The van der Waals surface area contributed by atoms with E-state index in [0.29, 0.717) is 17.5 Å². The summed E-state index contributed by atoms with van der Waals surface area (Å²) in [4.78, 5) is 23.6. The number of hydrogen-bond donors (Lipinski definition) is 0. The first-order valence-corrected chi connectivity index (χ1v) is 10.9. The average Bonchev–Trinajstić information content (AvgIpc) is 3.42. The van der Waals surface area contributed by atoms with Crippen molar-refractivity contribution in [2.75, 3.05) is 17.2 Å². The van der Waals surface area contributed by atoms with Crippen LogP contribution in [0, 0.1) is 6.92 Å². The van der Waals surface area contributed by atoms with Crippen LogP contribution in [0.3, 0.4) is 0 Å². The van der Waals surface area contributed by atoms with E-state index in [9.17, 15) is 4.79 Å². The van der Waals surface area contributed by atoms with Crippen molar-refractivity contribution in [1.82, 2.24) is 9.97 Å². The summed E-state index contributed by atoms with van der Waals surface area (Å²) in [5.74, 6) is 0.377. The molecule has 0 radical (unpaired) electrons. The number of amides is 1. The minimum absolute atomic E-state index is 0.0725. The lowest BCUT2D eigenvalue weighted by molar-refractivity contribution is -0.116. The number of hydrogen-bond acceptors (Lipinski definition) is 6. The molecule has 2 aromatic carbocycles. The Bertz CT molecular complexity index is 1150. The average molecular weight is 408 g/mol. The SMILES string of the molecule is Cc1nc(-c2ccc3c(c2)CCN3C(=O)CSc2nc3ccccc3o2)cs1. The maximum absolute atomic E-state index is 12.8. The van der Waals surface area contributed by atoms with Crippen LogP contribution in [0.5, 0.6) is 0 Å². The third-order valence-electron chi connectivity index (χ3n) is 4.78. The molecule has 1 amide bonds. The van der Waals surface area contributed by atoms with Gasteiger partial charge in [-0.05, 0) is 43.2 Å². The fraction of sp³-hybridized carbons (Fsp3) is 0.190. The Morgan fingerprint density at radius 1 is 1.25 bits per heavy atom. The van der Waals surface area contributed by atoms with Crippen molar-refractivity contribution in [3.63, 3.8) is 0 Å². The zero-order chi connectivity index (χ0) is 19.1. The van der Waals surface area contributed by atoms with E-state index >= 15 is 0 Å². The quantitative estimate of drug-likeness (QED) is 0.449. The number of fused-ring (bicyclic) bond motifs is 2. The number of nitrogens with zero attached hydrogens (tertiary/aromatic N) is 3. The molecule has 5 rings (SSSR count). The van der Waals surface area contributed by atoms with Gasteiger partial charge in [0.15, 0.2) is 5.58 Å². The first-order valence-electron chi connectivity index (χ1n) is 9.01. The third kappa shape index (κ3) is 3.21. The molecule has 5 nitrogen and oxygen atoms in total. The van der Waals surface area contributed by atoms with Crippen molar-refractivity contribution < 1.29 is 9.21 Å². The second-order valence-corrected chi connectivity index (χ2v) is 8.62. The number of aryl methyl sites for hydroxylation is 1. The van der Waals surface area contributed by atoms with E-state index in [1.807, 2.05) is 48.2 Å². The number of aromatic nitrogens is 2. The number of carbonyl (C=O) groups excluding carboxylic acids is 1. The largest absolute Gasteiger partial charge is 0.431 e. The van der Waals surface area contributed by atoms with Gasteiger partial charge in [-0.3, -0.25) is 4.79 Å². The molecule has 7 heteroatoms. The Morgan fingerprint density at radius 3 is 2.96 bits per heavy atom. The van der Waals surface area contributed by atoms with Crippen LogP contribution in [-0.2, 0) is 11.2 Å². The third-order valence-corrected chi connectivity index (χ3v) is 6.37. The summed E-state index contributed by atoms with van der Waals surface area (Å²) < 4.78 is 5.69. The van der Waals surface area contributed by atoms with Gasteiger partial charge in [-0.1, -0.05) is 30.0 Å². The molecule has 2 aromatic heterocycles. The van der Waals surface area contributed by atoms with E-state index in [0.717, 1.165) is 39.5 Å². The zero-order valence-corrected chi connectivity index (χ0v) is 16.8. The predicted octanol–water partition coefficient (Wildman–Crippen LogP) is 4.94. The van der Waals surface area contributed by atoms with E-state index < -0.39 is 0 Å². The number of carbonyl (C=O) groups is 1. The highest BCUT2D eigenvalue weighted by Gasteiger charge is 2.25. The summed E-state index contributed by atoms with van der Waals surface area (Å²) in [6, 6.07) is 13.9. The fourth-order valence-corrected chi connectivity index (χ4v) is 4.77. The van der Waals surface area contributed by atoms with Crippen LogP contribution in [0.15, 0.2) is 57.5 Å². The molecule has 3 heterocycles. The monoisotopic (exact) mass is 407 g/mol. The highest BCUT2D eigenvalue weighted by atomic mass is 32.2. The molecule has 140 valence electrons. The van der Waals surface area contributed by atoms with Crippen LogP contribution >= 0.6 is 23.1 Å². The molecule has 0 unspecified atom stereocenters. The highest BCUT2D eigenvalue weighted by Crippen LogP contribution is 2.33. The van der Waals surface area contributed by atoms with Gasteiger partial charge in [-0.25, -0.2) is 9.97 Å². The molecule has 0 N–H and O–H groups in total. The van der Waals surface area contributed by atoms with Gasteiger partial charge in [-0.15, -0.1) is 11.3 Å². The van der Waals surface area contributed by atoms with Gasteiger partial charge in [0.1, 0.15) is 5.52 Å². The lowest BCUT2D eigenvalue weighted by Crippen LogP contribution is -2.30. The maximum Gasteiger partial charge on any atom is 0.257 e. The lowest BCUT2D eigenvalue weighted by atomic mass is 10.1. The lowest BCUT2D eigenvalue weighted by Gasteiger charge is -2.16. The van der Waals surface area contributed by atoms with Gasteiger partial charge in [0, 0.05) is 23.2 Å². The molecule has 0 fully saturated rings. The van der Waals surface area contributed by atoms with Crippen molar-refractivity contribution in [1.29, 1.82) is 0 Å². The molecule has 0 atom stereocenters. The smallest absolute Gasteiger partial charge is 0.257 e. The number of thioether (sulfide) groups is 1. The Hall–Kier alpha value is -2.64. The topological polar surface area (TPSA) is 59.2 Å². The molecule has 0 spiro atoms. The van der Waals surface area contributed by atoms with E-state index in [1.54, 1.807) is 11.3 Å². The van der Waals surface area contributed by atoms with Crippen molar-refractivity contribution >= 4 is 45.8 Å². The zero-order valence-electron chi connectivity index (χ0n) is 15.2. The van der Waals surface area contributed by atoms with Crippen LogP contribution in [-0.4, -0.2) is 28.2 Å². The minimum atomic E-state index is 0.0725. The normalized spacial score (nSPS) is 13.2. The second-order valence-electron chi connectivity index (χ2n) is 6.63. The summed E-state index contributed by atoms with van der Waals surface area (Å²) in [5, 5.41) is 3.66. The number of para-hydroxylation sites is 2. The van der Waals surface area contributed by atoms with Crippen molar-refractivity contribution in [3.8, 4) is 11.3 Å². The Balaban J connectivity index is 1.30. The van der Waals surface area contributed by atoms with Crippen molar-refractivity contribution in [3.05, 3.63) is 58.4 Å². The summed E-state index contributed by atoms with van der Waals surface area (Å²) in [6.07, 6.45) is 0.867. The van der Waals surface area contributed by atoms with Crippen LogP contribution in [0.2, 0.25) is 0 Å². The summed E-state index contributed by atoms with van der Waals surface area (Å²) in [5.41, 5.74) is 5.87. The molecule has 0 bridgehead atoms. The van der Waals surface area contributed by atoms with Crippen LogP contribution in [0.4, 0.5) is 5.69 Å². The highest BCUT2D eigenvalue weighted by molar-refractivity contribution is 7.99. The first-order chi connectivity index (χ1) is 13.7. The second kappa shape index (κ2) is 7.07. The number of anilines is 1. The van der Waals surface area contributed by atoms with Crippen molar-refractivity contribution in [2.24, 2.45) is 0 Å². The van der Waals surface area contributed by atoms with Crippen LogP contribution < -0.4 is 4.90 Å². The molecule has 0 aliphatic carbocycles. The van der Waals surface area contributed by atoms with Gasteiger partial charge in [0.05, 0.1) is 16.5 Å². The summed E-state index contributed by atoms with van der Waals surface area (Å²) >= 11 is 2.99. The van der Waals surface area contributed by atoms with Gasteiger partial charge in [-0.2, -0.15) is 0 Å². The number of rotatable bonds is 4.